The van der Waals surface area contributed by atoms with E-state index in [9.17, 15) is 5.11 Å². The van der Waals surface area contributed by atoms with E-state index in [0.29, 0.717) is 13.0 Å². The van der Waals surface area contributed by atoms with Crippen LogP contribution in [0, 0.1) is 0 Å². The second-order valence-corrected chi connectivity index (χ2v) is 5.93. The minimum atomic E-state index is -0.509. The summed E-state index contributed by atoms with van der Waals surface area (Å²) in [5.41, 5.74) is 0.768. The third kappa shape index (κ3) is 3.30. The van der Waals surface area contributed by atoms with Gasteiger partial charge in [0.25, 0.3) is 0 Å². The molecule has 1 saturated carbocycles. The van der Waals surface area contributed by atoms with Gasteiger partial charge in [0, 0.05) is 18.0 Å². The second kappa shape index (κ2) is 6.25. The molecule has 4 heteroatoms. The van der Waals surface area contributed by atoms with Crippen LogP contribution in [0.5, 0.6) is 5.75 Å². The van der Waals surface area contributed by atoms with Crippen molar-refractivity contribution in [3.05, 3.63) is 28.2 Å². The molecule has 1 aliphatic rings. The Bertz CT molecular complexity index is 424. The number of halogens is 1. The van der Waals surface area contributed by atoms with Gasteiger partial charge < -0.3 is 14.6 Å². The first kappa shape index (κ1) is 14.8. The number of hydrogen-bond donors (Lipinski definition) is 1. The number of aliphatic hydroxyl groups is 1. The maximum absolute atomic E-state index is 10.4. The Balaban J connectivity index is 2.08. The Hall–Kier alpha value is -0.580. The average Bonchev–Trinajstić information content (AvgIpc) is 2.34. The SMILES string of the molecule is CCOc1ccc(C(O)CC2(OC)CCC2)c(Br)c1. The van der Waals surface area contributed by atoms with Crippen molar-refractivity contribution in [3.63, 3.8) is 0 Å². The maximum Gasteiger partial charge on any atom is 0.120 e. The number of rotatable bonds is 6. The van der Waals surface area contributed by atoms with Crippen molar-refractivity contribution < 1.29 is 14.6 Å². The fourth-order valence-corrected chi connectivity index (χ4v) is 3.18. The maximum atomic E-state index is 10.4. The minimum absolute atomic E-state index is 0.128. The summed E-state index contributed by atoms with van der Waals surface area (Å²) < 4.78 is 11.9. The van der Waals surface area contributed by atoms with Crippen molar-refractivity contribution in [2.45, 2.75) is 44.3 Å². The fraction of sp³-hybridized carbons (Fsp3) is 0.600. The number of benzene rings is 1. The lowest BCUT2D eigenvalue weighted by Gasteiger charge is -2.42. The molecular formula is C15H21BrO3. The molecule has 0 bridgehead atoms. The minimum Gasteiger partial charge on any atom is -0.494 e. The first-order valence-electron chi connectivity index (χ1n) is 6.76. The molecule has 1 aromatic carbocycles. The zero-order chi connectivity index (χ0) is 13.9. The van der Waals surface area contributed by atoms with Gasteiger partial charge in [-0.3, -0.25) is 0 Å². The topological polar surface area (TPSA) is 38.7 Å². The Morgan fingerprint density at radius 1 is 1.42 bits per heavy atom. The van der Waals surface area contributed by atoms with Gasteiger partial charge in [0.1, 0.15) is 5.75 Å². The highest BCUT2D eigenvalue weighted by Crippen LogP contribution is 2.43. The van der Waals surface area contributed by atoms with Crippen LogP contribution in [-0.2, 0) is 4.74 Å². The van der Waals surface area contributed by atoms with Crippen LogP contribution in [0.25, 0.3) is 0 Å². The van der Waals surface area contributed by atoms with Crippen molar-refractivity contribution in [1.82, 2.24) is 0 Å². The molecule has 1 N–H and O–H groups in total. The molecule has 1 unspecified atom stereocenters. The number of hydrogen-bond acceptors (Lipinski definition) is 3. The summed E-state index contributed by atoms with van der Waals surface area (Å²) in [4.78, 5) is 0. The summed E-state index contributed by atoms with van der Waals surface area (Å²) in [5.74, 6) is 0.815. The van der Waals surface area contributed by atoms with Crippen molar-refractivity contribution >= 4 is 15.9 Å². The van der Waals surface area contributed by atoms with E-state index in [1.54, 1.807) is 7.11 Å². The van der Waals surface area contributed by atoms with Gasteiger partial charge in [-0.15, -0.1) is 0 Å². The third-order valence-corrected chi connectivity index (χ3v) is 4.59. The van der Waals surface area contributed by atoms with Crippen LogP contribution in [0.15, 0.2) is 22.7 Å². The van der Waals surface area contributed by atoms with Gasteiger partial charge in [-0.05, 0) is 43.9 Å². The summed E-state index contributed by atoms with van der Waals surface area (Å²) >= 11 is 3.51. The molecule has 0 heterocycles. The Morgan fingerprint density at radius 2 is 2.16 bits per heavy atom. The smallest absolute Gasteiger partial charge is 0.120 e. The lowest BCUT2D eigenvalue weighted by molar-refractivity contribution is -0.1000. The zero-order valence-electron chi connectivity index (χ0n) is 11.5. The van der Waals surface area contributed by atoms with Crippen LogP contribution < -0.4 is 4.74 Å². The van der Waals surface area contributed by atoms with Crippen LogP contribution in [0.4, 0.5) is 0 Å². The molecule has 1 atom stereocenters. The molecule has 0 radical (unpaired) electrons. The van der Waals surface area contributed by atoms with E-state index in [0.717, 1.165) is 28.6 Å². The quantitative estimate of drug-likeness (QED) is 0.862. The number of methoxy groups -OCH3 is 1. The van der Waals surface area contributed by atoms with Crippen LogP contribution in [0.3, 0.4) is 0 Å². The van der Waals surface area contributed by atoms with Crippen molar-refractivity contribution in [1.29, 1.82) is 0 Å². The molecule has 1 aromatic rings. The lowest BCUT2D eigenvalue weighted by Crippen LogP contribution is -2.40. The number of ether oxygens (including phenoxy) is 2. The van der Waals surface area contributed by atoms with Crippen LogP contribution in [-0.4, -0.2) is 24.4 Å². The molecule has 106 valence electrons. The standard InChI is InChI=1S/C15H21BrO3/c1-3-19-11-5-6-12(13(16)9-11)14(17)10-15(18-2)7-4-8-15/h5-6,9,14,17H,3-4,7-8,10H2,1-2H3. The van der Waals surface area contributed by atoms with Crippen molar-refractivity contribution in [2.24, 2.45) is 0 Å². The van der Waals surface area contributed by atoms with Gasteiger partial charge in [-0.1, -0.05) is 22.0 Å². The van der Waals surface area contributed by atoms with Crippen LogP contribution in [0.2, 0.25) is 0 Å². The first-order valence-corrected chi connectivity index (χ1v) is 7.55. The van der Waals surface area contributed by atoms with Gasteiger partial charge in [0.05, 0.1) is 18.3 Å². The Labute approximate surface area is 123 Å². The summed E-state index contributed by atoms with van der Waals surface area (Å²) in [6.45, 7) is 2.59. The van der Waals surface area contributed by atoms with Crippen LogP contribution in [0.1, 0.15) is 44.3 Å². The largest absolute Gasteiger partial charge is 0.494 e. The van der Waals surface area contributed by atoms with E-state index < -0.39 is 6.10 Å². The summed E-state index contributed by atoms with van der Waals surface area (Å²) in [6.07, 6.45) is 3.40. The highest BCUT2D eigenvalue weighted by molar-refractivity contribution is 9.10. The predicted molar refractivity (Wildman–Crippen MR) is 78.5 cm³/mol. The van der Waals surface area contributed by atoms with Gasteiger partial charge >= 0.3 is 0 Å². The molecule has 1 fully saturated rings. The van der Waals surface area contributed by atoms with Gasteiger partial charge in [0.2, 0.25) is 0 Å². The van der Waals surface area contributed by atoms with Gasteiger partial charge in [-0.2, -0.15) is 0 Å². The van der Waals surface area contributed by atoms with E-state index in [1.807, 2.05) is 25.1 Å². The summed E-state index contributed by atoms with van der Waals surface area (Å²) in [5, 5.41) is 10.4. The molecule has 19 heavy (non-hydrogen) atoms. The van der Waals surface area contributed by atoms with E-state index in [-0.39, 0.29) is 5.60 Å². The molecule has 0 aliphatic heterocycles. The van der Waals surface area contributed by atoms with Crippen LogP contribution >= 0.6 is 15.9 Å². The lowest BCUT2D eigenvalue weighted by atomic mass is 9.75. The van der Waals surface area contributed by atoms with E-state index in [1.165, 1.54) is 6.42 Å². The third-order valence-electron chi connectivity index (χ3n) is 3.91. The van der Waals surface area contributed by atoms with Gasteiger partial charge in [0.15, 0.2) is 0 Å². The summed E-state index contributed by atoms with van der Waals surface area (Å²) in [7, 11) is 1.74. The molecule has 2 rings (SSSR count). The highest BCUT2D eigenvalue weighted by Gasteiger charge is 2.39. The van der Waals surface area contributed by atoms with E-state index in [2.05, 4.69) is 15.9 Å². The fourth-order valence-electron chi connectivity index (χ4n) is 2.56. The predicted octanol–water partition coefficient (Wildman–Crippen LogP) is 3.84. The van der Waals surface area contributed by atoms with Gasteiger partial charge in [-0.25, -0.2) is 0 Å². The second-order valence-electron chi connectivity index (χ2n) is 5.08. The molecule has 0 amide bonds. The molecule has 1 aliphatic carbocycles. The molecule has 0 spiro atoms. The average molecular weight is 329 g/mol. The molecular weight excluding hydrogens is 308 g/mol. The summed E-state index contributed by atoms with van der Waals surface area (Å²) in [6, 6.07) is 5.72. The zero-order valence-corrected chi connectivity index (χ0v) is 13.1. The highest BCUT2D eigenvalue weighted by atomic mass is 79.9. The molecule has 3 nitrogen and oxygen atoms in total. The Kier molecular flexibility index (Phi) is 4.87. The van der Waals surface area contributed by atoms with E-state index in [4.69, 9.17) is 9.47 Å². The molecule has 0 saturated heterocycles. The van der Waals surface area contributed by atoms with E-state index >= 15 is 0 Å². The normalized spacial score (nSPS) is 18.7. The molecule has 0 aromatic heterocycles. The first-order chi connectivity index (χ1) is 9.10. The monoisotopic (exact) mass is 328 g/mol. The van der Waals surface area contributed by atoms with Crippen molar-refractivity contribution in [2.75, 3.05) is 13.7 Å². The number of aliphatic hydroxyl groups excluding tert-OH is 1. The van der Waals surface area contributed by atoms with Crippen molar-refractivity contribution in [3.8, 4) is 5.75 Å². The Morgan fingerprint density at radius 3 is 2.63 bits per heavy atom.